The standard InChI is InChI=1S/C21H23ClN4/c1-2-23-20-21(26-12-6-7-13-26)25-19(15-8-4-3-5-9-15)17-14-16(22)10-11-18(17)24-20/h3-5,8-11,14,21H,2,6-7,12-13H2,1H3,(H,23,24). The summed E-state index contributed by atoms with van der Waals surface area (Å²) in [6.07, 6.45) is 2.34. The molecule has 5 heteroatoms. The summed E-state index contributed by atoms with van der Waals surface area (Å²) in [6.45, 7) is 4.90. The van der Waals surface area contributed by atoms with E-state index in [0.29, 0.717) is 5.02 Å². The van der Waals surface area contributed by atoms with Gasteiger partial charge in [0.2, 0.25) is 0 Å². The SMILES string of the molecule is CCN=C1Nc2ccc(Cl)cc2C(c2ccccc2)=NC1N1CCCC1. The van der Waals surface area contributed by atoms with Crippen molar-refractivity contribution in [1.29, 1.82) is 0 Å². The van der Waals surface area contributed by atoms with E-state index in [4.69, 9.17) is 21.6 Å². The monoisotopic (exact) mass is 366 g/mol. The van der Waals surface area contributed by atoms with Crippen molar-refractivity contribution in [3.8, 4) is 0 Å². The van der Waals surface area contributed by atoms with Crippen molar-refractivity contribution < 1.29 is 0 Å². The van der Waals surface area contributed by atoms with E-state index in [1.807, 2.05) is 36.4 Å². The van der Waals surface area contributed by atoms with E-state index in [1.54, 1.807) is 0 Å². The number of nitrogens with one attached hydrogen (secondary N) is 1. The van der Waals surface area contributed by atoms with Gasteiger partial charge in [-0.05, 0) is 38.0 Å². The summed E-state index contributed by atoms with van der Waals surface area (Å²) in [4.78, 5) is 12.4. The number of nitrogens with zero attached hydrogens (tertiary/aromatic N) is 3. The van der Waals surface area contributed by atoms with E-state index < -0.39 is 0 Å². The number of amidine groups is 1. The molecule has 2 aromatic carbocycles. The van der Waals surface area contributed by atoms with Gasteiger partial charge in [-0.3, -0.25) is 14.9 Å². The second-order valence-corrected chi connectivity index (χ2v) is 7.07. The van der Waals surface area contributed by atoms with E-state index >= 15 is 0 Å². The molecule has 0 bridgehead atoms. The number of hydrogen-bond donors (Lipinski definition) is 1. The highest BCUT2D eigenvalue weighted by molar-refractivity contribution is 6.32. The molecule has 0 aliphatic carbocycles. The molecule has 0 saturated carbocycles. The molecule has 0 spiro atoms. The summed E-state index contributed by atoms with van der Waals surface area (Å²) in [5, 5.41) is 4.26. The number of anilines is 1. The molecule has 1 atom stereocenters. The van der Waals surface area contributed by atoms with Crippen LogP contribution in [0.15, 0.2) is 58.5 Å². The van der Waals surface area contributed by atoms with Crippen LogP contribution >= 0.6 is 11.6 Å². The number of halogens is 1. The zero-order valence-corrected chi connectivity index (χ0v) is 15.7. The molecule has 1 unspecified atom stereocenters. The fraction of sp³-hybridized carbons (Fsp3) is 0.333. The molecule has 0 aromatic heterocycles. The maximum Gasteiger partial charge on any atom is 0.161 e. The van der Waals surface area contributed by atoms with E-state index in [0.717, 1.165) is 48.0 Å². The Morgan fingerprint density at radius 1 is 1.15 bits per heavy atom. The lowest BCUT2D eigenvalue weighted by molar-refractivity contribution is 0.306. The molecule has 0 radical (unpaired) electrons. The molecule has 134 valence electrons. The number of fused-ring (bicyclic) bond motifs is 1. The molecule has 2 aliphatic rings. The minimum absolute atomic E-state index is 0.0844. The summed E-state index contributed by atoms with van der Waals surface area (Å²) in [6, 6.07) is 16.3. The van der Waals surface area contributed by atoms with Crippen molar-refractivity contribution in [1.82, 2.24) is 4.90 Å². The van der Waals surface area contributed by atoms with Crippen LogP contribution in [0.25, 0.3) is 0 Å². The number of likely N-dealkylation sites (tertiary alicyclic amines) is 1. The van der Waals surface area contributed by atoms with Gasteiger partial charge in [-0.1, -0.05) is 41.9 Å². The third-order valence-corrected chi connectivity index (χ3v) is 5.09. The van der Waals surface area contributed by atoms with Gasteiger partial charge in [0.05, 0.1) is 5.71 Å². The molecule has 0 amide bonds. The predicted octanol–water partition coefficient (Wildman–Crippen LogP) is 4.44. The zero-order valence-electron chi connectivity index (χ0n) is 15.0. The summed E-state index contributed by atoms with van der Waals surface area (Å²) in [7, 11) is 0. The Kier molecular flexibility index (Phi) is 5.05. The fourth-order valence-corrected chi connectivity index (χ4v) is 3.81. The molecule has 4 nitrogen and oxygen atoms in total. The van der Waals surface area contributed by atoms with Crippen molar-refractivity contribution >= 4 is 28.8 Å². The van der Waals surface area contributed by atoms with Gasteiger partial charge in [0.15, 0.2) is 6.17 Å². The van der Waals surface area contributed by atoms with Crippen LogP contribution < -0.4 is 5.32 Å². The van der Waals surface area contributed by atoms with Crippen molar-refractivity contribution in [2.45, 2.75) is 25.9 Å². The van der Waals surface area contributed by atoms with Gasteiger partial charge in [-0.2, -0.15) is 0 Å². The molecular formula is C21H23ClN4. The van der Waals surface area contributed by atoms with Gasteiger partial charge < -0.3 is 5.32 Å². The highest BCUT2D eigenvalue weighted by atomic mass is 35.5. The molecule has 4 rings (SSSR count). The second-order valence-electron chi connectivity index (χ2n) is 6.63. The lowest BCUT2D eigenvalue weighted by atomic mass is 10.0. The van der Waals surface area contributed by atoms with Gasteiger partial charge in [-0.15, -0.1) is 0 Å². The lowest BCUT2D eigenvalue weighted by Crippen LogP contribution is -2.41. The first-order valence-corrected chi connectivity index (χ1v) is 9.62. The molecular weight excluding hydrogens is 344 g/mol. The Bertz CT molecular complexity index is 838. The van der Waals surface area contributed by atoms with Crippen LogP contribution in [-0.4, -0.2) is 42.2 Å². The van der Waals surface area contributed by atoms with Gasteiger partial charge >= 0.3 is 0 Å². The van der Waals surface area contributed by atoms with Crippen molar-refractivity contribution in [3.63, 3.8) is 0 Å². The number of hydrogen-bond acceptors (Lipinski definition) is 3. The maximum atomic E-state index is 6.32. The molecule has 2 aromatic rings. The number of benzodiazepines with no additional fused rings is 1. The summed E-state index contributed by atoms with van der Waals surface area (Å²) in [5.74, 6) is 0.920. The summed E-state index contributed by atoms with van der Waals surface area (Å²) >= 11 is 6.32. The van der Waals surface area contributed by atoms with Crippen LogP contribution in [-0.2, 0) is 0 Å². The van der Waals surface area contributed by atoms with Crippen LogP contribution in [0.4, 0.5) is 5.69 Å². The highest BCUT2D eigenvalue weighted by Gasteiger charge is 2.30. The first-order valence-electron chi connectivity index (χ1n) is 9.25. The van der Waals surface area contributed by atoms with E-state index in [2.05, 4.69) is 29.3 Å². The van der Waals surface area contributed by atoms with Crippen LogP contribution in [0.2, 0.25) is 5.02 Å². The first kappa shape index (κ1) is 17.3. The predicted molar refractivity (Wildman–Crippen MR) is 110 cm³/mol. The Morgan fingerprint density at radius 2 is 1.92 bits per heavy atom. The average molecular weight is 367 g/mol. The van der Waals surface area contributed by atoms with Gasteiger partial charge in [0, 0.05) is 41.5 Å². The lowest BCUT2D eigenvalue weighted by Gasteiger charge is -2.25. The number of benzene rings is 2. The third kappa shape index (κ3) is 3.39. The molecule has 2 aliphatic heterocycles. The molecule has 26 heavy (non-hydrogen) atoms. The highest BCUT2D eigenvalue weighted by Crippen LogP contribution is 2.29. The third-order valence-electron chi connectivity index (χ3n) is 4.86. The minimum atomic E-state index is -0.0844. The van der Waals surface area contributed by atoms with Crippen LogP contribution in [0.1, 0.15) is 30.9 Å². The van der Waals surface area contributed by atoms with Crippen molar-refractivity contribution in [2.24, 2.45) is 9.98 Å². The van der Waals surface area contributed by atoms with Crippen LogP contribution in [0.3, 0.4) is 0 Å². The molecule has 1 saturated heterocycles. The topological polar surface area (TPSA) is 40.0 Å². The van der Waals surface area contributed by atoms with Gasteiger partial charge in [-0.25, -0.2) is 0 Å². The Labute approximate surface area is 159 Å². The van der Waals surface area contributed by atoms with Gasteiger partial charge in [0.25, 0.3) is 0 Å². The fourth-order valence-electron chi connectivity index (χ4n) is 3.64. The minimum Gasteiger partial charge on any atom is -0.341 e. The van der Waals surface area contributed by atoms with E-state index in [9.17, 15) is 0 Å². The normalized spacial score (nSPS) is 21.8. The van der Waals surface area contributed by atoms with Crippen molar-refractivity contribution in [3.05, 3.63) is 64.7 Å². The zero-order chi connectivity index (χ0) is 17.9. The van der Waals surface area contributed by atoms with E-state index in [1.165, 1.54) is 12.8 Å². The number of rotatable bonds is 3. The van der Waals surface area contributed by atoms with E-state index in [-0.39, 0.29) is 6.17 Å². The Morgan fingerprint density at radius 3 is 2.65 bits per heavy atom. The van der Waals surface area contributed by atoms with Crippen LogP contribution in [0, 0.1) is 0 Å². The maximum absolute atomic E-state index is 6.32. The Hall–Kier alpha value is -2.17. The second kappa shape index (κ2) is 7.60. The molecule has 1 fully saturated rings. The smallest absolute Gasteiger partial charge is 0.161 e. The summed E-state index contributed by atoms with van der Waals surface area (Å²) in [5.41, 5.74) is 4.09. The molecule has 1 N–H and O–H groups in total. The van der Waals surface area contributed by atoms with Crippen molar-refractivity contribution in [2.75, 3.05) is 25.0 Å². The number of aliphatic imine (C=N–C) groups is 2. The first-order chi connectivity index (χ1) is 12.8. The van der Waals surface area contributed by atoms with Gasteiger partial charge in [0.1, 0.15) is 5.84 Å². The average Bonchev–Trinajstić information content (AvgIpc) is 3.14. The quantitative estimate of drug-likeness (QED) is 0.872. The Balaban J connectivity index is 1.90. The summed E-state index contributed by atoms with van der Waals surface area (Å²) < 4.78 is 0. The molecule has 2 heterocycles. The van der Waals surface area contributed by atoms with Crippen LogP contribution in [0.5, 0.6) is 0 Å². The largest absolute Gasteiger partial charge is 0.341 e.